The van der Waals surface area contributed by atoms with E-state index < -0.39 is 11.7 Å². The zero-order valence-corrected chi connectivity index (χ0v) is 17.1. The molecule has 0 aliphatic carbocycles. The first kappa shape index (κ1) is 20.5. The van der Waals surface area contributed by atoms with Crippen LogP contribution in [0.2, 0.25) is 0 Å². The molecule has 0 unspecified atom stereocenters. The van der Waals surface area contributed by atoms with Crippen molar-refractivity contribution in [3.8, 4) is 11.5 Å². The van der Waals surface area contributed by atoms with Gasteiger partial charge in [0.25, 0.3) is 5.91 Å². The van der Waals surface area contributed by atoms with Crippen molar-refractivity contribution in [2.45, 2.75) is 6.61 Å². The molecule has 0 bridgehead atoms. The number of ether oxygens (including phenoxy) is 2. The van der Waals surface area contributed by atoms with Crippen LogP contribution in [0, 0.1) is 5.82 Å². The molecular formula is C22H18BrFN2O3. The van der Waals surface area contributed by atoms with Gasteiger partial charge in [-0.2, -0.15) is 5.10 Å². The predicted molar refractivity (Wildman–Crippen MR) is 113 cm³/mol. The van der Waals surface area contributed by atoms with E-state index in [0.717, 1.165) is 10.0 Å². The van der Waals surface area contributed by atoms with Crippen molar-refractivity contribution in [2.75, 3.05) is 7.11 Å². The van der Waals surface area contributed by atoms with E-state index >= 15 is 0 Å². The van der Waals surface area contributed by atoms with Gasteiger partial charge in [0, 0.05) is 10.0 Å². The third-order valence-corrected chi connectivity index (χ3v) is 4.54. The fourth-order valence-electron chi connectivity index (χ4n) is 2.55. The fraction of sp³-hybridized carbons (Fsp3) is 0.0909. The molecular weight excluding hydrogens is 439 g/mol. The summed E-state index contributed by atoms with van der Waals surface area (Å²) in [5.74, 6) is -0.229. The Morgan fingerprint density at radius 1 is 1.10 bits per heavy atom. The second kappa shape index (κ2) is 9.84. The predicted octanol–water partition coefficient (Wildman–Crippen LogP) is 4.94. The van der Waals surface area contributed by atoms with Crippen LogP contribution in [-0.2, 0) is 6.61 Å². The highest BCUT2D eigenvalue weighted by molar-refractivity contribution is 9.10. The number of methoxy groups -OCH3 is 1. The van der Waals surface area contributed by atoms with E-state index in [0.29, 0.717) is 23.7 Å². The quantitative estimate of drug-likeness (QED) is 0.404. The van der Waals surface area contributed by atoms with Crippen LogP contribution < -0.4 is 14.9 Å². The first-order valence-electron chi connectivity index (χ1n) is 8.70. The molecule has 1 amide bonds. The van der Waals surface area contributed by atoms with E-state index in [1.54, 1.807) is 31.4 Å². The van der Waals surface area contributed by atoms with Gasteiger partial charge in [-0.25, -0.2) is 9.82 Å². The summed E-state index contributed by atoms with van der Waals surface area (Å²) >= 11 is 3.40. The maximum absolute atomic E-state index is 13.7. The maximum Gasteiger partial charge on any atom is 0.274 e. The molecule has 0 saturated heterocycles. The molecule has 3 rings (SSSR count). The molecule has 3 aromatic rings. The Kier molecular flexibility index (Phi) is 6.97. The number of hydrazone groups is 1. The van der Waals surface area contributed by atoms with E-state index in [9.17, 15) is 9.18 Å². The Morgan fingerprint density at radius 2 is 1.86 bits per heavy atom. The summed E-state index contributed by atoms with van der Waals surface area (Å²) in [7, 11) is 1.54. The number of nitrogens with one attached hydrogen (secondary N) is 1. The molecule has 0 spiro atoms. The minimum atomic E-state index is -0.639. The van der Waals surface area contributed by atoms with Gasteiger partial charge in [-0.3, -0.25) is 4.79 Å². The lowest BCUT2D eigenvalue weighted by Gasteiger charge is -2.13. The minimum absolute atomic E-state index is 0.0815. The topological polar surface area (TPSA) is 59.9 Å². The number of carbonyl (C=O) groups excluding carboxylic acids is 1. The van der Waals surface area contributed by atoms with Crippen LogP contribution in [-0.4, -0.2) is 19.2 Å². The summed E-state index contributed by atoms with van der Waals surface area (Å²) in [6, 6.07) is 18.8. The molecule has 0 aromatic heterocycles. The van der Waals surface area contributed by atoms with E-state index in [1.165, 1.54) is 24.4 Å². The number of benzene rings is 3. The van der Waals surface area contributed by atoms with Crippen LogP contribution in [0.25, 0.3) is 0 Å². The monoisotopic (exact) mass is 456 g/mol. The number of carbonyl (C=O) groups is 1. The van der Waals surface area contributed by atoms with Gasteiger partial charge in [0.05, 0.1) is 18.9 Å². The Labute approximate surface area is 176 Å². The first-order chi connectivity index (χ1) is 14.1. The number of para-hydroxylation sites is 1. The molecule has 0 fully saturated rings. The maximum atomic E-state index is 13.7. The average Bonchev–Trinajstić information content (AvgIpc) is 2.74. The van der Waals surface area contributed by atoms with Crippen LogP contribution in [0.1, 0.15) is 21.5 Å². The second-order valence-electron chi connectivity index (χ2n) is 5.97. The summed E-state index contributed by atoms with van der Waals surface area (Å²) in [4.78, 5) is 12.1. The van der Waals surface area contributed by atoms with E-state index in [1.807, 2.05) is 24.3 Å². The molecule has 0 radical (unpaired) electrons. The number of halogens is 2. The van der Waals surface area contributed by atoms with Crippen LogP contribution in [0.3, 0.4) is 0 Å². The van der Waals surface area contributed by atoms with Gasteiger partial charge < -0.3 is 9.47 Å². The standard InChI is InChI=1S/C22H18BrFN2O3/c1-28-20-8-4-5-16(21(20)29-14-15-9-11-17(23)12-10-15)13-25-26-22(27)18-6-2-3-7-19(18)24/h2-13H,14H2,1H3,(H,26,27)/b25-13+. The number of nitrogens with zero attached hydrogens (tertiary/aromatic N) is 1. The molecule has 0 aliphatic heterocycles. The van der Waals surface area contributed by atoms with Gasteiger partial charge in [0.15, 0.2) is 11.5 Å². The summed E-state index contributed by atoms with van der Waals surface area (Å²) in [6.45, 7) is 0.329. The SMILES string of the molecule is COc1cccc(/C=N/NC(=O)c2ccccc2F)c1OCc1ccc(Br)cc1. The lowest BCUT2D eigenvalue weighted by atomic mass is 10.2. The van der Waals surface area contributed by atoms with Crippen molar-refractivity contribution < 1.29 is 18.7 Å². The summed E-state index contributed by atoms with van der Waals surface area (Å²) < 4.78 is 26.0. The zero-order chi connectivity index (χ0) is 20.6. The molecule has 5 nitrogen and oxygen atoms in total. The van der Waals surface area contributed by atoms with Gasteiger partial charge in [-0.05, 0) is 42.0 Å². The molecule has 0 saturated carbocycles. The van der Waals surface area contributed by atoms with Crippen LogP contribution in [0.4, 0.5) is 4.39 Å². The van der Waals surface area contributed by atoms with Gasteiger partial charge in [0.2, 0.25) is 0 Å². The smallest absolute Gasteiger partial charge is 0.274 e. The molecule has 0 aliphatic rings. The molecule has 0 atom stereocenters. The van der Waals surface area contributed by atoms with Gasteiger partial charge in [-0.15, -0.1) is 0 Å². The number of hydrogen-bond acceptors (Lipinski definition) is 4. The Morgan fingerprint density at radius 3 is 2.59 bits per heavy atom. The van der Waals surface area contributed by atoms with Crippen molar-refractivity contribution >= 4 is 28.1 Å². The third kappa shape index (κ3) is 5.42. The zero-order valence-electron chi connectivity index (χ0n) is 15.6. The highest BCUT2D eigenvalue weighted by Crippen LogP contribution is 2.31. The van der Waals surface area contributed by atoms with E-state index in [2.05, 4.69) is 26.5 Å². The van der Waals surface area contributed by atoms with Crippen LogP contribution in [0.15, 0.2) is 76.3 Å². The molecule has 29 heavy (non-hydrogen) atoms. The van der Waals surface area contributed by atoms with Gasteiger partial charge >= 0.3 is 0 Å². The summed E-state index contributed by atoms with van der Waals surface area (Å²) in [5.41, 5.74) is 3.83. The van der Waals surface area contributed by atoms with Crippen molar-refractivity contribution in [3.63, 3.8) is 0 Å². The molecule has 0 heterocycles. The largest absolute Gasteiger partial charge is 0.493 e. The van der Waals surface area contributed by atoms with Crippen LogP contribution >= 0.6 is 15.9 Å². The lowest BCUT2D eigenvalue weighted by Crippen LogP contribution is -2.19. The minimum Gasteiger partial charge on any atom is -0.493 e. The number of amides is 1. The van der Waals surface area contributed by atoms with Crippen molar-refractivity contribution in [3.05, 3.63) is 93.7 Å². The number of rotatable bonds is 7. The highest BCUT2D eigenvalue weighted by atomic mass is 79.9. The molecule has 3 aromatic carbocycles. The van der Waals surface area contributed by atoms with Gasteiger partial charge in [0.1, 0.15) is 12.4 Å². The van der Waals surface area contributed by atoms with Crippen molar-refractivity contribution in [1.82, 2.24) is 5.43 Å². The van der Waals surface area contributed by atoms with E-state index in [4.69, 9.17) is 9.47 Å². The van der Waals surface area contributed by atoms with Crippen LogP contribution in [0.5, 0.6) is 11.5 Å². The Bertz CT molecular complexity index is 1020. The highest BCUT2D eigenvalue weighted by Gasteiger charge is 2.11. The first-order valence-corrected chi connectivity index (χ1v) is 9.50. The third-order valence-electron chi connectivity index (χ3n) is 4.01. The molecule has 1 N–H and O–H groups in total. The number of hydrogen-bond donors (Lipinski definition) is 1. The van der Waals surface area contributed by atoms with Crippen molar-refractivity contribution in [1.29, 1.82) is 0 Å². The Hall–Kier alpha value is -3.19. The normalized spacial score (nSPS) is 10.7. The Balaban J connectivity index is 1.74. The second-order valence-corrected chi connectivity index (χ2v) is 6.89. The fourth-order valence-corrected chi connectivity index (χ4v) is 2.82. The van der Waals surface area contributed by atoms with Crippen molar-refractivity contribution in [2.24, 2.45) is 5.10 Å². The molecule has 7 heteroatoms. The summed E-state index contributed by atoms with van der Waals surface area (Å²) in [6.07, 6.45) is 1.43. The lowest BCUT2D eigenvalue weighted by molar-refractivity contribution is 0.0951. The summed E-state index contributed by atoms with van der Waals surface area (Å²) in [5, 5.41) is 3.93. The average molecular weight is 457 g/mol. The molecule has 148 valence electrons. The van der Waals surface area contributed by atoms with Gasteiger partial charge in [-0.1, -0.05) is 46.3 Å². The van der Waals surface area contributed by atoms with E-state index in [-0.39, 0.29) is 5.56 Å².